The van der Waals surface area contributed by atoms with Crippen LogP contribution in [0.1, 0.15) is 49.7 Å². The van der Waals surface area contributed by atoms with Crippen LogP contribution < -0.4 is 10.1 Å². The molecule has 1 N–H and O–H groups in total. The number of nitriles is 1. The maximum atomic E-state index is 12.7. The summed E-state index contributed by atoms with van der Waals surface area (Å²) in [5.74, 6) is 3.07. The van der Waals surface area contributed by atoms with Gasteiger partial charge in [0.1, 0.15) is 17.4 Å². The van der Waals surface area contributed by atoms with Crippen molar-refractivity contribution in [3.63, 3.8) is 0 Å². The van der Waals surface area contributed by atoms with E-state index in [0.29, 0.717) is 5.41 Å². The number of rotatable bonds is 5. The molecule has 2 aromatic carbocycles. The quantitative estimate of drug-likeness (QED) is 0.505. The smallest absolute Gasteiger partial charge is 0.266 e. The first kappa shape index (κ1) is 19.9. The number of nitrogens with one attached hydrogen (secondary N) is 1. The number of hydrogen-bond acceptors (Lipinski definition) is 3. The first-order chi connectivity index (χ1) is 15.1. The normalized spacial score (nSPS) is 28.8. The molecule has 4 nitrogen and oxygen atoms in total. The summed E-state index contributed by atoms with van der Waals surface area (Å²) in [7, 11) is 1.60. The fourth-order valence-corrected chi connectivity index (χ4v) is 6.59. The molecular weight excluding hydrogens is 384 g/mol. The van der Waals surface area contributed by atoms with E-state index in [-0.39, 0.29) is 11.5 Å². The molecule has 0 heterocycles. The average molecular weight is 413 g/mol. The zero-order valence-electron chi connectivity index (χ0n) is 17.9. The topological polar surface area (TPSA) is 62.1 Å². The lowest BCUT2D eigenvalue weighted by molar-refractivity contribution is -0.112. The molecule has 4 bridgehead atoms. The lowest BCUT2D eigenvalue weighted by atomic mass is 9.48. The van der Waals surface area contributed by atoms with Crippen LogP contribution >= 0.6 is 0 Å². The van der Waals surface area contributed by atoms with Crippen LogP contribution in [0.4, 0.5) is 5.69 Å². The Morgan fingerprint density at radius 1 is 1.00 bits per heavy atom. The number of methoxy groups -OCH3 is 1. The molecule has 0 spiro atoms. The molecular formula is C27H28N2O2. The molecule has 2 aromatic rings. The van der Waals surface area contributed by atoms with Gasteiger partial charge in [-0.05, 0) is 103 Å². The highest BCUT2D eigenvalue weighted by atomic mass is 16.5. The van der Waals surface area contributed by atoms with Crippen LogP contribution in [0.15, 0.2) is 54.1 Å². The van der Waals surface area contributed by atoms with Gasteiger partial charge in [-0.1, -0.05) is 24.3 Å². The molecule has 0 unspecified atom stereocenters. The third kappa shape index (κ3) is 3.85. The molecule has 4 saturated carbocycles. The van der Waals surface area contributed by atoms with Gasteiger partial charge in [-0.2, -0.15) is 5.26 Å². The molecule has 158 valence electrons. The van der Waals surface area contributed by atoms with Gasteiger partial charge in [-0.3, -0.25) is 4.79 Å². The first-order valence-corrected chi connectivity index (χ1v) is 11.2. The molecule has 31 heavy (non-hydrogen) atoms. The van der Waals surface area contributed by atoms with Crippen molar-refractivity contribution in [2.45, 2.75) is 43.9 Å². The predicted octanol–water partition coefficient (Wildman–Crippen LogP) is 5.71. The zero-order valence-corrected chi connectivity index (χ0v) is 17.9. The van der Waals surface area contributed by atoms with Gasteiger partial charge in [0, 0.05) is 5.69 Å². The highest BCUT2D eigenvalue weighted by Gasteiger charge is 2.51. The molecule has 0 radical (unpaired) electrons. The Balaban J connectivity index is 1.29. The van der Waals surface area contributed by atoms with Crippen molar-refractivity contribution in [1.29, 1.82) is 5.26 Å². The fraction of sp³-hybridized carbons (Fsp3) is 0.407. The van der Waals surface area contributed by atoms with Crippen molar-refractivity contribution in [2.75, 3.05) is 12.4 Å². The Morgan fingerprint density at radius 2 is 1.58 bits per heavy atom. The fourth-order valence-electron chi connectivity index (χ4n) is 6.59. The second kappa shape index (κ2) is 7.89. The van der Waals surface area contributed by atoms with E-state index in [9.17, 15) is 10.1 Å². The molecule has 0 atom stereocenters. The van der Waals surface area contributed by atoms with Gasteiger partial charge in [0.05, 0.1) is 7.11 Å². The van der Waals surface area contributed by atoms with E-state index in [0.717, 1.165) is 34.8 Å². The third-order valence-corrected chi connectivity index (χ3v) is 7.59. The lowest BCUT2D eigenvalue weighted by Gasteiger charge is -2.57. The van der Waals surface area contributed by atoms with E-state index in [1.165, 1.54) is 44.1 Å². The van der Waals surface area contributed by atoms with E-state index >= 15 is 0 Å². The summed E-state index contributed by atoms with van der Waals surface area (Å²) in [6.07, 6.45) is 9.88. The molecule has 4 fully saturated rings. The van der Waals surface area contributed by atoms with Crippen molar-refractivity contribution in [2.24, 2.45) is 17.8 Å². The monoisotopic (exact) mass is 412 g/mol. The number of benzene rings is 2. The van der Waals surface area contributed by atoms with Crippen LogP contribution in [0.5, 0.6) is 5.75 Å². The number of ether oxygens (including phenoxy) is 1. The van der Waals surface area contributed by atoms with E-state index < -0.39 is 0 Å². The minimum absolute atomic E-state index is 0.0790. The second-order valence-electron chi connectivity index (χ2n) is 9.67. The van der Waals surface area contributed by atoms with E-state index in [1.807, 2.05) is 42.5 Å². The van der Waals surface area contributed by atoms with Crippen molar-refractivity contribution >= 4 is 17.7 Å². The number of carbonyl (C=O) groups excluding carboxylic acids is 1. The number of hydrogen-bond donors (Lipinski definition) is 1. The molecule has 4 aliphatic rings. The van der Waals surface area contributed by atoms with Gasteiger partial charge in [0.2, 0.25) is 0 Å². The molecule has 1 amide bonds. The number of amides is 1. The SMILES string of the molecule is COc1ccc(C=C(C#N)C(=O)Nc2ccc(C34CC5CC(CC(C5)C3)C4)cc2)cc1. The van der Waals surface area contributed by atoms with Gasteiger partial charge >= 0.3 is 0 Å². The van der Waals surface area contributed by atoms with Gasteiger partial charge in [-0.25, -0.2) is 0 Å². The Morgan fingerprint density at radius 3 is 2.10 bits per heavy atom. The molecule has 4 aliphatic carbocycles. The maximum Gasteiger partial charge on any atom is 0.266 e. The number of anilines is 1. The summed E-state index contributed by atoms with van der Waals surface area (Å²) in [4.78, 5) is 12.7. The van der Waals surface area contributed by atoms with Crippen molar-refractivity contribution in [3.8, 4) is 11.8 Å². The molecule has 0 aliphatic heterocycles. The Hall–Kier alpha value is -3.06. The zero-order chi connectivity index (χ0) is 21.4. The number of carbonyl (C=O) groups is 1. The van der Waals surface area contributed by atoms with Crippen LogP contribution in [-0.2, 0) is 10.2 Å². The molecule has 0 saturated heterocycles. The van der Waals surface area contributed by atoms with Gasteiger partial charge in [0.15, 0.2) is 0 Å². The highest BCUT2D eigenvalue weighted by Crippen LogP contribution is 2.60. The Bertz CT molecular complexity index is 1010. The summed E-state index contributed by atoms with van der Waals surface area (Å²) in [5.41, 5.74) is 3.37. The summed E-state index contributed by atoms with van der Waals surface area (Å²) >= 11 is 0. The second-order valence-corrected chi connectivity index (χ2v) is 9.67. The maximum absolute atomic E-state index is 12.7. The van der Waals surface area contributed by atoms with Gasteiger partial charge in [-0.15, -0.1) is 0 Å². The highest BCUT2D eigenvalue weighted by molar-refractivity contribution is 6.09. The van der Waals surface area contributed by atoms with E-state index in [4.69, 9.17) is 4.74 Å². The molecule has 0 aromatic heterocycles. The third-order valence-electron chi connectivity index (χ3n) is 7.59. The van der Waals surface area contributed by atoms with Gasteiger partial charge in [0.25, 0.3) is 5.91 Å². The summed E-state index contributed by atoms with van der Waals surface area (Å²) in [5, 5.41) is 12.4. The Kier molecular flexibility index (Phi) is 5.06. The van der Waals surface area contributed by atoms with Crippen molar-refractivity contribution in [1.82, 2.24) is 0 Å². The summed E-state index contributed by atoms with van der Waals surface area (Å²) < 4.78 is 5.15. The van der Waals surface area contributed by atoms with E-state index in [2.05, 4.69) is 17.4 Å². The predicted molar refractivity (Wildman–Crippen MR) is 122 cm³/mol. The van der Waals surface area contributed by atoms with Crippen LogP contribution in [-0.4, -0.2) is 13.0 Å². The van der Waals surface area contributed by atoms with Gasteiger partial charge < -0.3 is 10.1 Å². The average Bonchev–Trinajstić information content (AvgIpc) is 2.77. The standard InChI is InChI=1S/C27H28N2O2/c1-31-25-8-2-18(3-9-25)13-22(17-28)26(30)29-24-6-4-23(5-7-24)27-14-19-10-20(15-27)12-21(11-19)16-27/h2-9,13,19-21H,10-12,14-16H2,1H3,(H,29,30). The minimum atomic E-state index is -0.388. The van der Waals surface area contributed by atoms with Crippen LogP contribution in [0.2, 0.25) is 0 Å². The van der Waals surface area contributed by atoms with Crippen molar-refractivity contribution < 1.29 is 9.53 Å². The first-order valence-electron chi connectivity index (χ1n) is 11.2. The minimum Gasteiger partial charge on any atom is -0.497 e. The summed E-state index contributed by atoms with van der Waals surface area (Å²) in [6.45, 7) is 0. The number of nitrogens with zero attached hydrogens (tertiary/aromatic N) is 1. The van der Waals surface area contributed by atoms with Crippen molar-refractivity contribution in [3.05, 3.63) is 65.2 Å². The summed E-state index contributed by atoms with van der Waals surface area (Å²) in [6, 6.07) is 17.7. The van der Waals surface area contributed by atoms with Crippen LogP contribution in [0, 0.1) is 29.1 Å². The molecule has 4 heteroatoms. The lowest BCUT2D eigenvalue weighted by Crippen LogP contribution is -2.48. The Labute approximate surface area is 183 Å². The largest absolute Gasteiger partial charge is 0.497 e. The van der Waals surface area contributed by atoms with Crippen LogP contribution in [0.3, 0.4) is 0 Å². The molecule has 6 rings (SSSR count). The van der Waals surface area contributed by atoms with E-state index in [1.54, 1.807) is 13.2 Å². The van der Waals surface area contributed by atoms with Crippen LogP contribution in [0.25, 0.3) is 6.08 Å².